The normalized spacial score (nSPS) is 11.2. The van der Waals surface area contributed by atoms with Crippen molar-refractivity contribution in [2.24, 2.45) is 0 Å². The Bertz CT molecular complexity index is 886. The van der Waals surface area contributed by atoms with Gasteiger partial charge in [-0.05, 0) is 97.4 Å². The molecule has 0 bridgehead atoms. The monoisotopic (exact) mass is 500 g/mol. The van der Waals surface area contributed by atoms with Gasteiger partial charge in [0, 0.05) is 8.95 Å². The number of nitrogens with two attached hydrogens (primary N) is 1. The summed E-state index contributed by atoms with van der Waals surface area (Å²) < 4.78 is 2.89. The van der Waals surface area contributed by atoms with Gasteiger partial charge in [0.25, 0.3) is 0 Å². The van der Waals surface area contributed by atoms with E-state index < -0.39 is 0 Å². The molecule has 0 amide bonds. The molecular weight excluding hydrogens is 488 g/mol. The topological polar surface area (TPSA) is 66.7 Å². The standard InChI is InChI=1S/C16H15Br3N4/c1-6-4-9(20)10(5-7(6)2)21-16-22-14-12(18)8(3)11(17)13(19)15(14)23-16/h4-5H,20H2,1-3H3,(H2,21,22,23). The first-order chi connectivity index (χ1) is 10.8. The molecule has 120 valence electrons. The fourth-order valence-electron chi connectivity index (χ4n) is 2.38. The van der Waals surface area contributed by atoms with E-state index >= 15 is 0 Å². The Morgan fingerprint density at radius 3 is 2.35 bits per heavy atom. The number of rotatable bonds is 2. The fourth-order valence-corrected chi connectivity index (χ4v) is 4.10. The van der Waals surface area contributed by atoms with Gasteiger partial charge in [-0.15, -0.1) is 0 Å². The average Bonchev–Trinajstić information content (AvgIpc) is 2.92. The molecule has 0 aliphatic rings. The van der Waals surface area contributed by atoms with Gasteiger partial charge in [0.15, 0.2) is 0 Å². The zero-order chi connectivity index (χ0) is 16.9. The molecule has 0 aliphatic heterocycles. The van der Waals surface area contributed by atoms with E-state index in [1.165, 1.54) is 11.1 Å². The highest BCUT2D eigenvalue weighted by atomic mass is 79.9. The number of aromatic amines is 1. The highest BCUT2D eigenvalue weighted by Crippen LogP contribution is 2.40. The van der Waals surface area contributed by atoms with E-state index in [1.54, 1.807) is 0 Å². The molecule has 0 atom stereocenters. The second kappa shape index (κ2) is 6.11. The Balaban J connectivity index is 2.11. The fraction of sp³-hybridized carbons (Fsp3) is 0.188. The van der Waals surface area contributed by atoms with Crippen molar-refractivity contribution in [3.8, 4) is 0 Å². The largest absolute Gasteiger partial charge is 0.397 e. The van der Waals surface area contributed by atoms with Crippen molar-refractivity contribution < 1.29 is 0 Å². The molecule has 0 unspecified atom stereocenters. The maximum absolute atomic E-state index is 6.11. The van der Waals surface area contributed by atoms with Gasteiger partial charge in [-0.2, -0.15) is 0 Å². The van der Waals surface area contributed by atoms with Gasteiger partial charge in [0.05, 0.1) is 21.4 Å². The van der Waals surface area contributed by atoms with E-state index in [4.69, 9.17) is 5.73 Å². The Labute approximate surface area is 159 Å². The van der Waals surface area contributed by atoms with E-state index in [2.05, 4.69) is 70.0 Å². The number of fused-ring (bicyclic) bond motifs is 1. The Morgan fingerprint density at radius 2 is 1.65 bits per heavy atom. The molecule has 3 aromatic rings. The van der Waals surface area contributed by atoms with Crippen LogP contribution in [0.3, 0.4) is 0 Å². The number of nitrogens with one attached hydrogen (secondary N) is 2. The number of imidazole rings is 1. The van der Waals surface area contributed by atoms with Crippen LogP contribution in [0.25, 0.3) is 11.0 Å². The van der Waals surface area contributed by atoms with E-state index in [-0.39, 0.29) is 0 Å². The van der Waals surface area contributed by atoms with Crippen LogP contribution in [0, 0.1) is 20.8 Å². The van der Waals surface area contributed by atoms with Gasteiger partial charge in [0.2, 0.25) is 5.95 Å². The molecule has 3 rings (SSSR count). The molecule has 0 spiro atoms. The summed E-state index contributed by atoms with van der Waals surface area (Å²) in [5.41, 5.74) is 12.9. The highest BCUT2D eigenvalue weighted by Gasteiger charge is 2.16. The molecule has 0 saturated heterocycles. The number of nitrogens with zero attached hydrogens (tertiary/aromatic N) is 1. The van der Waals surface area contributed by atoms with Gasteiger partial charge >= 0.3 is 0 Å². The zero-order valence-corrected chi connectivity index (χ0v) is 17.6. The van der Waals surface area contributed by atoms with Gasteiger partial charge in [-0.25, -0.2) is 4.98 Å². The molecule has 4 N–H and O–H groups in total. The number of nitrogen functional groups attached to an aromatic ring is 1. The van der Waals surface area contributed by atoms with Crippen LogP contribution in [0.5, 0.6) is 0 Å². The Morgan fingerprint density at radius 1 is 1.00 bits per heavy atom. The number of halogens is 3. The first-order valence-corrected chi connectivity index (χ1v) is 9.34. The third kappa shape index (κ3) is 2.90. The smallest absolute Gasteiger partial charge is 0.205 e. The van der Waals surface area contributed by atoms with Crippen molar-refractivity contribution in [2.45, 2.75) is 20.8 Å². The molecular formula is C16H15Br3N4. The van der Waals surface area contributed by atoms with Crippen LogP contribution in [-0.2, 0) is 0 Å². The lowest BCUT2D eigenvalue weighted by Crippen LogP contribution is -1.99. The summed E-state index contributed by atoms with van der Waals surface area (Å²) in [4.78, 5) is 7.94. The Hall–Kier alpha value is -1.05. The van der Waals surface area contributed by atoms with Crippen LogP contribution in [0.15, 0.2) is 25.6 Å². The molecule has 0 radical (unpaired) electrons. The van der Waals surface area contributed by atoms with Gasteiger partial charge < -0.3 is 16.0 Å². The summed E-state index contributed by atoms with van der Waals surface area (Å²) in [6, 6.07) is 4.00. The average molecular weight is 503 g/mol. The molecule has 2 aromatic carbocycles. The van der Waals surface area contributed by atoms with Crippen molar-refractivity contribution >= 4 is 76.1 Å². The Kier molecular flexibility index (Phi) is 4.46. The number of H-pyrrole nitrogens is 1. The maximum Gasteiger partial charge on any atom is 0.205 e. The second-order valence-corrected chi connectivity index (χ2v) is 7.90. The van der Waals surface area contributed by atoms with E-state index in [9.17, 15) is 0 Å². The van der Waals surface area contributed by atoms with E-state index in [0.717, 1.165) is 35.7 Å². The number of aryl methyl sites for hydroxylation is 2. The predicted molar refractivity (Wildman–Crippen MR) is 108 cm³/mol. The maximum atomic E-state index is 6.11. The van der Waals surface area contributed by atoms with Gasteiger partial charge in [-0.1, -0.05) is 0 Å². The molecule has 1 heterocycles. The van der Waals surface area contributed by atoms with Crippen molar-refractivity contribution in [2.75, 3.05) is 11.1 Å². The lowest BCUT2D eigenvalue weighted by Gasteiger charge is -2.10. The molecule has 0 saturated carbocycles. The number of aromatic nitrogens is 2. The van der Waals surface area contributed by atoms with Crippen LogP contribution in [0.4, 0.5) is 17.3 Å². The quantitative estimate of drug-likeness (QED) is 0.293. The molecule has 23 heavy (non-hydrogen) atoms. The number of anilines is 3. The minimum absolute atomic E-state index is 0.647. The summed E-state index contributed by atoms with van der Waals surface area (Å²) in [5.74, 6) is 0.647. The second-order valence-electron chi connectivity index (χ2n) is 5.52. The van der Waals surface area contributed by atoms with Crippen LogP contribution in [-0.4, -0.2) is 9.97 Å². The van der Waals surface area contributed by atoms with Crippen molar-refractivity contribution in [3.63, 3.8) is 0 Å². The minimum atomic E-state index is 0.647. The number of hydrogen-bond acceptors (Lipinski definition) is 3. The van der Waals surface area contributed by atoms with Crippen molar-refractivity contribution in [1.82, 2.24) is 9.97 Å². The summed E-state index contributed by atoms with van der Waals surface area (Å²) in [6.07, 6.45) is 0. The lowest BCUT2D eigenvalue weighted by atomic mass is 10.1. The zero-order valence-electron chi connectivity index (χ0n) is 12.8. The number of hydrogen-bond donors (Lipinski definition) is 3. The van der Waals surface area contributed by atoms with Gasteiger partial charge in [0.1, 0.15) is 5.52 Å². The van der Waals surface area contributed by atoms with Gasteiger partial charge in [-0.3, -0.25) is 0 Å². The van der Waals surface area contributed by atoms with Crippen LogP contribution in [0.2, 0.25) is 0 Å². The highest BCUT2D eigenvalue weighted by molar-refractivity contribution is 9.13. The molecule has 0 fully saturated rings. The first kappa shape index (κ1) is 16.8. The number of benzene rings is 2. The van der Waals surface area contributed by atoms with Crippen molar-refractivity contribution in [1.29, 1.82) is 0 Å². The van der Waals surface area contributed by atoms with Crippen LogP contribution < -0.4 is 11.1 Å². The van der Waals surface area contributed by atoms with E-state index in [0.29, 0.717) is 11.6 Å². The molecule has 0 aliphatic carbocycles. The first-order valence-electron chi connectivity index (χ1n) is 6.96. The van der Waals surface area contributed by atoms with Crippen LogP contribution >= 0.6 is 47.8 Å². The molecule has 4 nitrogen and oxygen atoms in total. The predicted octanol–water partition coefficient (Wildman–Crippen LogP) is 6.10. The minimum Gasteiger partial charge on any atom is -0.397 e. The van der Waals surface area contributed by atoms with Crippen molar-refractivity contribution in [3.05, 3.63) is 42.2 Å². The summed E-state index contributed by atoms with van der Waals surface area (Å²) >= 11 is 10.8. The summed E-state index contributed by atoms with van der Waals surface area (Å²) in [6.45, 7) is 6.14. The van der Waals surface area contributed by atoms with Crippen LogP contribution in [0.1, 0.15) is 16.7 Å². The molecule has 7 heteroatoms. The summed E-state index contributed by atoms with van der Waals surface area (Å²) in [5, 5.41) is 3.27. The third-order valence-corrected chi connectivity index (χ3v) is 7.19. The SMILES string of the molecule is Cc1cc(N)c(Nc2nc3c(Br)c(Br)c(C)c(Br)c3[nH]2)cc1C. The lowest BCUT2D eigenvalue weighted by molar-refractivity contribution is 1.29. The van der Waals surface area contributed by atoms with E-state index in [1.807, 2.05) is 26.0 Å². The molecule has 1 aromatic heterocycles. The summed E-state index contributed by atoms with van der Waals surface area (Å²) in [7, 11) is 0. The third-order valence-electron chi connectivity index (χ3n) is 3.90.